The summed E-state index contributed by atoms with van der Waals surface area (Å²) in [5.74, 6) is 0. The van der Waals surface area contributed by atoms with Gasteiger partial charge in [0.25, 0.3) is 0 Å². The van der Waals surface area contributed by atoms with Gasteiger partial charge in [-0.15, -0.1) is 0 Å². The first-order valence-electron chi connectivity index (χ1n) is 2.62. The van der Waals surface area contributed by atoms with Gasteiger partial charge in [-0.3, -0.25) is 4.52 Å². The first kappa shape index (κ1) is 9.78. The van der Waals surface area contributed by atoms with Crippen LogP contribution in [0.25, 0.3) is 0 Å². The molecule has 60 valence electrons. The second kappa shape index (κ2) is 3.25. The predicted molar refractivity (Wildman–Crippen MR) is 36.0 cm³/mol. The summed E-state index contributed by atoms with van der Waals surface area (Å²) in [7, 11) is -4.42. The average molecular weight is 167 g/mol. The zero-order valence-electron chi connectivity index (χ0n) is 5.74. The predicted octanol–water partition coefficient (Wildman–Crippen LogP) is 0.524. The van der Waals surface area contributed by atoms with Crippen molar-refractivity contribution >= 4 is 13.5 Å². The lowest BCUT2D eigenvalue weighted by Crippen LogP contribution is -2.14. The van der Waals surface area contributed by atoms with E-state index in [0.29, 0.717) is 0 Å². The van der Waals surface area contributed by atoms with E-state index < -0.39 is 13.9 Å². The quantitative estimate of drug-likeness (QED) is 0.422. The Labute approximate surface area is 58.8 Å². The van der Waals surface area contributed by atoms with Gasteiger partial charge in [-0.2, -0.15) is 0 Å². The van der Waals surface area contributed by atoms with Crippen molar-refractivity contribution in [3.8, 4) is 0 Å². The van der Waals surface area contributed by atoms with Crippen molar-refractivity contribution in [2.75, 3.05) is 0 Å². The zero-order valence-corrected chi connectivity index (χ0v) is 6.63. The van der Waals surface area contributed by atoms with Crippen LogP contribution in [0, 0.1) is 5.41 Å². The summed E-state index contributed by atoms with van der Waals surface area (Å²) >= 11 is 0. The first-order chi connectivity index (χ1) is 4.33. The molecule has 0 aliphatic heterocycles. The molecule has 0 heterocycles. The van der Waals surface area contributed by atoms with Crippen molar-refractivity contribution in [2.45, 2.75) is 20.0 Å². The van der Waals surface area contributed by atoms with Gasteiger partial charge in [0.2, 0.25) is 0 Å². The van der Waals surface area contributed by atoms with Crippen LogP contribution in [0.3, 0.4) is 0 Å². The van der Waals surface area contributed by atoms with Gasteiger partial charge in [0.1, 0.15) is 6.10 Å². The minimum atomic E-state index is -4.42. The molecule has 0 rings (SSSR count). The molecule has 0 spiro atoms. The Balaban J connectivity index is 3.93. The van der Waals surface area contributed by atoms with E-state index in [1.807, 2.05) is 0 Å². The van der Waals surface area contributed by atoms with Crippen LogP contribution in [0.4, 0.5) is 0 Å². The largest absolute Gasteiger partial charge is 0.470 e. The summed E-state index contributed by atoms with van der Waals surface area (Å²) in [4.78, 5) is 16.5. The van der Waals surface area contributed by atoms with Gasteiger partial charge in [-0.1, -0.05) is 0 Å². The summed E-state index contributed by atoms with van der Waals surface area (Å²) in [6.07, 6.45) is -0.819. The van der Waals surface area contributed by atoms with Crippen molar-refractivity contribution in [2.24, 2.45) is 0 Å². The van der Waals surface area contributed by atoms with Crippen molar-refractivity contribution in [1.29, 1.82) is 5.41 Å². The Hall–Kier alpha value is -0.220. The monoisotopic (exact) mass is 167 g/mol. The smallest absolute Gasteiger partial charge is 0.307 e. The Morgan fingerprint density at radius 3 is 2.20 bits per heavy atom. The molecule has 3 N–H and O–H groups in total. The van der Waals surface area contributed by atoms with Crippen LogP contribution in [0.5, 0.6) is 0 Å². The topological polar surface area (TPSA) is 90.6 Å². The molecule has 1 atom stereocenters. The number of hydrogen-bond donors (Lipinski definition) is 3. The second-order valence-electron chi connectivity index (χ2n) is 1.92. The molecule has 0 radical (unpaired) electrons. The fraction of sp³-hybridized carbons (Fsp3) is 0.750. The van der Waals surface area contributed by atoms with Crippen LogP contribution in [-0.2, 0) is 9.09 Å². The third-order valence-corrected chi connectivity index (χ3v) is 1.50. The molecule has 0 aromatic rings. The molecule has 0 fully saturated rings. The van der Waals surface area contributed by atoms with E-state index in [9.17, 15) is 4.57 Å². The van der Waals surface area contributed by atoms with Crippen LogP contribution < -0.4 is 0 Å². The lowest BCUT2D eigenvalue weighted by molar-refractivity contribution is 0.180. The minimum Gasteiger partial charge on any atom is -0.307 e. The molecule has 0 aromatic heterocycles. The van der Waals surface area contributed by atoms with Gasteiger partial charge in [-0.05, 0) is 13.8 Å². The van der Waals surface area contributed by atoms with E-state index in [0.717, 1.165) is 0 Å². The molecule has 0 saturated carbocycles. The fourth-order valence-corrected chi connectivity index (χ4v) is 0.855. The maximum absolute atomic E-state index is 10.1. The van der Waals surface area contributed by atoms with Gasteiger partial charge in [0, 0.05) is 5.71 Å². The molecule has 0 bridgehead atoms. The SMILES string of the molecule is CC(=N)C(C)OP(=O)(O)O. The van der Waals surface area contributed by atoms with Crippen LogP contribution in [0.2, 0.25) is 0 Å². The third kappa shape index (κ3) is 4.64. The molecule has 0 aliphatic rings. The molecule has 5 nitrogen and oxygen atoms in total. The van der Waals surface area contributed by atoms with Crippen molar-refractivity contribution in [1.82, 2.24) is 0 Å². The molecular formula is C4H10NO4P. The second-order valence-corrected chi connectivity index (χ2v) is 3.11. The van der Waals surface area contributed by atoms with Gasteiger partial charge in [0.05, 0.1) is 0 Å². The highest BCUT2D eigenvalue weighted by Gasteiger charge is 2.19. The highest BCUT2D eigenvalue weighted by molar-refractivity contribution is 7.46. The standard InChI is InChI=1S/C4H10NO4P/c1-3(5)4(2)9-10(6,7)8/h4-5H,1-2H3,(H2,6,7,8). The van der Waals surface area contributed by atoms with Crippen molar-refractivity contribution in [3.63, 3.8) is 0 Å². The maximum Gasteiger partial charge on any atom is 0.470 e. The molecule has 0 aliphatic carbocycles. The Bertz CT molecular complexity index is 174. The normalized spacial score (nSPS) is 14.8. The zero-order chi connectivity index (χ0) is 8.36. The summed E-state index contributed by atoms with van der Waals surface area (Å²) < 4.78 is 14.3. The van der Waals surface area contributed by atoms with Gasteiger partial charge in [-0.25, -0.2) is 4.57 Å². The number of rotatable bonds is 3. The molecule has 6 heteroatoms. The number of hydrogen-bond acceptors (Lipinski definition) is 3. The van der Waals surface area contributed by atoms with Crippen LogP contribution in [-0.4, -0.2) is 21.6 Å². The van der Waals surface area contributed by atoms with Crippen LogP contribution in [0.1, 0.15) is 13.8 Å². The molecule has 10 heavy (non-hydrogen) atoms. The maximum atomic E-state index is 10.1. The molecule has 0 saturated heterocycles. The molecule has 0 aromatic carbocycles. The summed E-state index contributed by atoms with van der Waals surface area (Å²) in [5.41, 5.74) is 0.0864. The summed E-state index contributed by atoms with van der Waals surface area (Å²) in [5, 5.41) is 6.91. The highest BCUT2D eigenvalue weighted by atomic mass is 31.2. The van der Waals surface area contributed by atoms with Gasteiger partial charge < -0.3 is 15.2 Å². The van der Waals surface area contributed by atoms with E-state index in [4.69, 9.17) is 15.2 Å². The van der Waals surface area contributed by atoms with Crippen LogP contribution in [0.15, 0.2) is 0 Å². The highest BCUT2D eigenvalue weighted by Crippen LogP contribution is 2.37. The van der Waals surface area contributed by atoms with E-state index in [1.54, 1.807) is 0 Å². The van der Waals surface area contributed by atoms with Gasteiger partial charge in [0.15, 0.2) is 0 Å². The Morgan fingerprint density at radius 2 is 2.10 bits per heavy atom. The summed E-state index contributed by atoms with van der Waals surface area (Å²) in [6, 6.07) is 0. The first-order valence-corrected chi connectivity index (χ1v) is 4.15. The van der Waals surface area contributed by atoms with Gasteiger partial charge >= 0.3 is 7.82 Å². The Morgan fingerprint density at radius 1 is 1.70 bits per heavy atom. The van der Waals surface area contributed by atoms with Crippen LogP contribution >= 0.6 is 7.82 Å². The number of phosphoric ester groups is 1. The number of nitrogens with one attached hydrogen (secondary N) is 1. The lowest BCUT2D eigenvalue weighted by Gasteiger charge is -2.10. The van der Waals surface area contributed by atoms with Crippen molar-refractivity contribution in [3.05, 3.63) is 0 Å². The third-order valence-electron chi connectivity index (χ3n) is 0.905. The van der Waals surface area contributed by atoms with E-state index in [1.165, 1.54) is 13.8 Å². The van der Waals surface area contributed by atoms with E-state index in [2.05, 4.69) is 4.52 Å². The fourth-order valence-electron chi connectivity index (χ4n) is 0.285. The Kier molecular flexibility index (Phi) is 3.18. The van der Waals surface area contributed by atoms with E-state index >= 15 is 0 Å². The minimum absolute atomic E-state index is 0.0864. The lowest BCUT2D eigenvalue weighted by atomic mass is 10.3. The molecular weight excluding hydrogens is 157 g/mol. The van der Waals surface area contributed by atoms with Crippen molar-refractivity contribution < 1.29 is 18.9 Å². The molecule has 0 amide bonds. The summed E-state index contributed by atoms with van der Waals surface area (Å²) in [6.45, 7) is 2.82. The van der Waals surface area contributed by atoms with E-state index in [-0.39, 0.29) is 5.71 Å². The molecule has 1 unspecified atom stereocenters. The average Bonchev–Trinajstić information content (AvgIpc) is 1.60. The number of phosphoric acid groups is 1.